The van der Waals surface area contributed by atoms with Crippen LogP contribution >= 0.6 is 11.8 Å². The van der Waals surface area contributed by atoms with Gasteiger partial charge in [0.15, 0.2) is 11.0 Å². The Bertz CT molecular complexity index is 1080. The Labute approximate surface area is 181 Å². The lowest BCUT2D eigenvalue weighted by atomic mass is 10.1. The van der Waals surface area contributed by atoms with Crippen LogP contribution in [0, 0.1) is 13.8 Å². The number of nitrogens with one attached hydrogen (secondary N) is 1. The third-order valence-corrected chi connectivity index (χ3v) is 5.63. The van der Waals surface area contributed by atoms with Crippen molar-refractivity contribution in [1.82, 2.24) is 14.8 Å². The molecule has 2 aromatic carbocycles. The molecule has 1 aromatic heterocycles. The van der Waals surface area contributed by atoms with E-state index in [1.807, 2.05) is 32.0 Å². The average Bonchev–Trinajstić information content (AvgIpc) is 3.06. The first-order chi connectivity index (χ1) is 14.6. The Morgan fingerprint density at radius 2 is 1.87 bits per heavy atom. The molecule has 1 amide bonds. The fraction of sp³-hybridized carbons (Fsp3) is 0.286. The van der Waals surface area contributed by atoms with Gasteiger partial charge in [-0.05, 0) is 49.2 Å². The van der Waals surface area contributed by atoms with E-state index >= 15 is 0 Å². The quantitative estimate of drug-likeness (QED) is 0.526. The van der Waals surface area contributed by atoms with Crippen LogP contribution in [-0.2, 0) is 24.6 Å². The van der Waals surface area contributed by atoms with Crippen molar-refractivity contribution in [1.29, 1.82) is 0 Å². The summed E-state index contributed by atoms with van der Waals surface area (Å²) in [4.78, 5) is 12.2. The van der Waals surface area contributed by atoms with Crippen molar-refractivity contribution >= 4 is 23.4 Å². The first-order valence-corrected chi connectivity index (χ1v) is 10.3. The molecule has 0 spiro atoms. The Kier molecular flexibility index (Phi) is 6.89. The van der Waals surface area contributed by atoms with Crippen LogP contribution in [-0.4, -0.2) is 26.4 Å². The maximum absolute atomic E-state index is 13.1. The van der Waals surface area contributed by atoms with E-state index in [0.29, 0.717) is 16.7 Å². The van der Waals surface area contributed by atoms with Gasteiger partial charge < -0.3 is 14.6 Å². The zero-order valence-corrected chi connectivity index (χ0v) is 18.0. The number of aromatic nitrogens is 3. The summed E-state index contributed by atoms with van der Waals surface area (Å²) in [5.41, 5.74) is 1.12. The second-order valence-corrected chi connectivity index (χ2v) is 7.82. The van der Waals surface area contributed by atoms with Gasteiger partial charge in [-0.2, -0.15) is 13.2 Å². The number of amides is 1. The van der Waals surface area contributed by atoms with Crippen molar-refractivity contribution in [2.75, 3.05) is 11.1 Å². The number of ether oxygens (including phenoxy) is 1. The smallest absolute Gasteiger partial charge is 0.418 e. The molecule has 10 heteroatoms. The number of hydrogen-bond donors (Lipinski definition) is 1. The number of nitrogens with zero attached hydrogens (tertiary/aromatic N) is 3. The van der Waals surface area contributed by atoms with Gasteiger partial charge in [-0.1, -0.05) is 30.0 Å². The second-order valence-electron chi connectivity index (χ2n) is 6.87. The summed E-state index contributed by atoms with van der Waals surface area (Å²) >= 11 is 1.08. The number of para-hydroxylation sites is 1. The van der Waals surface area contributed by atoms with Gasteiger partial charge in [0.2, 0.25) is 5.91 Å². The van der Waals surface area contributed by atoms with Gasteiger partial charge in [-0.15, -0.1) is 10.2 Å². The summed E-state index contributed by atoms with van der Waals surface area (Å²) in [6.45, 7) is 4.21. The van der Waals surface area contributed by atoms with Gasteiger partial charge in [0.1, 0.15) is 12.4 Å². The third-order valence-electron chi connectivity index (χ3n) is 4.61. The van der Waals surface area contributed by atoms with E-state index in [-0.39, 0.29) is 18.0 Å². The number of benzene rings is 2. The summed E-state index contributed by atoms with van der Waals surface area (Å²) in [6, 6.07) is 10.6. The van der Waals surface area contributed by atoms with E-state index in [4.69, 9.17) is 4.74 Å². The monoisotopic (exact) mass is 450 g/mol. The zero-order chi connectivity index (χ0) is 22.6. The maximum Gasteiger partial charge on any atom is 0.418 e. The van der Waals surface area contributed by atoms with Crippen molar-refractivity contribution in [3.05, 3.63) is 65.0 Å². The van der Waals surface area contributed by atoms with Crippen molar-refractivity contribution < 1.29 is 22.7 Å². The number of thioether (sulfide) groups is 1. The summed E-state index contributed by atoms with van der Waals surface area (Å²) < 4.78 is 46.6. The topological polar surface area (TPSA) is 69.0 Å². The molecule has 0 atom stereocenters. The number of carbonyl (C=O) groups excluding carboxylic acids is 1. The van der Waals surface area contributed by atoms with E-state index in [2.05, 4.69) is 15.5 Å². The minimum atomic E-state index is -4.55. The SMILES string of the molecule is Cc1ccc(OCc2nnc(SCC(=O)Nc3ccccc3C(F)(F)F)n2C)cc1C. The third kappa shape index (κ3) is 5.78. The molecule has 0 saturated carbocycles. The van der Waals surface area contributed by atoms with E-state index in [1.165, 1.54) is 23.8 Å². The van der Waals surface area contributed by atoms with Crippen LogP contribution in [0.2, 0.25) is 0 Å². The standard InChI is InChI=1S/C21H21F3N4O2S/c1-13-8-9-15(10-14(13)2)30-11-18-26-27-20(28(18)3)31-12-19(29)25-17-7-5-4-6-16(17)21(22,23)24/h4-10H,11-12H2,1-3H3,(H,25,29). The van der Waals surface area contributed by atoms with Crippen molar-refractivity contribution in [2.45, 2.75) is 31.8 Å². The highest BCUT2D eigenvalue weighted by Gasteiger charge is 2.33. The van der Waals surface area contributed by atoms with Crippen LogP contribution in [0.15, 0.2) is 47.6 Å². The van der Waals surface area contributed by atoms with Crippen molar-refractivity contribution in [3.8, 4) is 5.75 Å². The molecule has 1 heterocycles. The van der Waals surface area contributed by atoms with Crippen molar-refractivity contribution in [3.63, 3.8) is 0 Å². The molecule has 0 bridgehead atoms. The molecule has 6 nitrogen and oxygen atoms in total. The predicted molar refractivity (Wildman–Crippen MR) is 112 cm³/mol. The molecule has 0 fully saturated rings. The molecule has 164 valence electrons. The highest BCUT2D eigenvalue weighted by molar-refractivity contribution is 7.99. The number of aryl methyl sites for hydroxylation is 2. The highest BCUT2D eigenvalue weighted by Crippen LogP contribution is 2.34. The van der Waals surface area contributed by atoms with Gasteiger partial charge in [0.05, 0.1) is 17.0 Å². The number of hydrogen-bond acceptors (Lipinski definition) is 5. The number of rotatable bonds is 7. The van der Waals surface area contributed by atoms with Crippen LogP contribution in [0.4, 0.5) is 18.9 Å². The molecule has 0 aliphatic heterocycles. The molecule has 3 rings (SSSR count). The predicted octanol–water partition coefficient (Wildman–Crippen LogP) is 4.76. The first-order valence-electron chi connectivity index (χ1n) is 9.32. The van der Waals surface area contributed by atoms with Gasteiger partial charge in [0, 0.05) is 7.05 Å². The number of alkyl halides is 3. The number of carbonyl (C=O) groups is 1. The molecule has 0 radical (unpaired) electrons. The van der Waals surface area contributed by atoms with Crippen LogP contribution < -0.4 is 10.1 Å². The fourth-order valence-corrected chi connectivity index (χ4v) is 3.43. The summed E-state index contributed by atoms with van der Waals surface area (Å²) in [6.07, 6.45) is -4.55. The average molecular weight is 450 g/mol. The summed E-state index contributed by atoms with van der Waals surface area (Å²) in [5, 5.41) is 10.9. The first kappa shape index (κ1) is 22.7. The van der Waals surface area contributed by atoms with Gasteiger partial charge in [0.25, 0.3) is 0 Å². The maximum atomic E-state index is 13.1. The minimum absolute atomic E-state index is 0.115. The normalized spacial score (nSPS) is 11.4. The Balaban J connectivity index is 1.57. The van der Waals surface area contributed by atoms with Crippen molar-refractivity contribution in [2.24, 2.45) is 7.05 Å². The van der Waals surface area contributed by atoms with Gasteiger partial charge >= 0.3 is 6.18 Å². The Hall–Kier alpha value is -3.01. The molecule has 1 N–H and O–H groups in total. The summed E-state index contributed by atoms with van der Waals surface area (Å²) in [7, 11) is 1.73. The molecule has 0 unspecified atom stereocenters. The van der Waals surface area contributed by atoms with E-state index in [9.17, 15) is 18.0 Å². The van der Waals surface area contributed by atoms with Crippen LogP contribution in [0.1, 0.15) is 22.5 Å². The molecular formula is C21H21F3N4O2S. The summed E-state index contributed by atoms with van der Waals surface area (Å²) in [5.74, 6) is 0.583. The highest BCUT2D eigenvalue weighted by atomic mass is 32.2. The lowest BCUT2D eigenvalue weighted by molar-refractivity contribution is -0.137. The van der Waals surface area contributed by atoms with Gasteiger partial charge in [-0.3, -0.25) is 4.79 Å². The largest absolute Gasteiger partial charge is 0.486 e. The zero-order valence-electron chi connectivity index (χ0n) is 17.2. The lowest BCUT2D eigenvalue weighted by Gasteiger charge is -2.13. The minimum Gasteiger partial charge on any atom is -0.486 e. The molecule has 0 aliphatic carbocycles. The number of anilines is 1. The van der Waals surface area contributed by atoms with E-state index in [0.717, 1.165) is 23.4 Å². The van der Waals surface area contributed by atoms with Crippen LogP contribution in [0.5, 0.6) is 5.75 Å². The van der Waals surface area contributed by atoms with Crippen LogP contribution in [0.25, 0.3) is 0 Å². The molecule has 3 aromatic rings. The second kappa shape index (κ2) is 9.42. The van der Waals surface area contributed by atoms with E-state index in [1.54, 1.807) is 11.6 Å². The van der Waals surface area contributed by atoms with E-state index < -0.39 is 17.6 Å². The Morgan fingerprint density at radius 1 is 1.13 bits per heavy atom. The van der Waals surface area contributed by atoms with Gasteiger partial charge in [-0.25, -0.2) is 0 Å². The Morgan fingerprint density at radius 3 is 2.58 bits per heavy atom. The molecular weight excluding hydrogens is 429 g/mol. The fourth-order valence-electron chi connectivity index (χ4n) is 2.70. The lowest BCUT2D eigenvalue weighted by Crippen LogP contribution is -2.18. The molecule has 0 saturated heterocycles. The molecule has 0 aliphatic rings. The molecule has 31 heavy (non-hydrogen) atoms. The van der Waals surface area contributed by atoms with Crippen LogP contribution in [0.3, 0.4) is 0 Å². The number of halogens is 3.